The predicted molar refractivity (Wildman–Crippen MR) is 106 cm³/mol. The lowest BCUT2D eigenvalue weighted by Crippen LogP contribution is -2.26. The van der Waals surface area contributed by atoms with E-state index in [-0.39, 0.29) is 24.5 Å². The fraction of sp³-hybridized carbons (Fsp3) is 0.391. The topological polar surface area (TPSA) is 55.4 Å². The number of fused-ring (bicyclic) bond motifs is 1. The van der Waals surface area contributed by atoms with Gasteiger partial charge >= 0.3 is 0 Å². The number of carbonyl (C=O) groups is 2. The second kappa shape index (κ2) is 9.36. The zero-order valence-corrected chi connectivity index (χ0v) is 15.9. The lowest BCUT2D eigenvalue weighted by atomic mass is 9.89. The molecule has 2 aromatic rings. The van der Waals surface area contributed by atoms with Crippen molar-refractivity contribution in [2.75, 3.05) is 13.7 Å². The Balaban J connectivity index is 1.41. The molecule has 4 nitrogen and oxygen atoms in total. The van der Waals surface area contributed by atoms with Crippen LogP contribution >= 0.6 is 0 Å². The summed E-state index contributed by atoms with van der Waals surface area (Å²) < 4.78 is 5.13. The molecule has 1 aliphatic rings. The zero-order chi connectivity index (χ0) is 19.1. The number of rotatable bonds is 8. The third-order valence-corrected chi connectivity index (χ3v) is 5.14. The van der Waals surface area contributed by atoms with E-state index in [1.165, 1.54) is 24.0 Å². The Morgan fingerprint density at radius 2 is 1.70 bits per heavy atom. The summed E-state index contributed by atoms with van der Waals surface area (Å²) in [6, 6.07) is 13.8. The average molecular weight is 365 g/mol. The molecule has 1 aliphatic carbocycles. The minimum Gasteiger partial charge on any atom is -0.497 e. The van der Waals surface area contributed by atoms with E-state index >= 15 is 0 Å². The molecular formula is C23H27NO3. The van der Waals surface area contributed by atoms with Crippen molar-refractivity contribution >= 4 is 11.7 Å². The molecule has 0 aromatic heterocycles. The van der Waals surface area contributed by atoms with Gasteiger partial charge in [0.2, 0.25) is 5.91 Å². The first-order chi connectivity index (χ1) is 13.2. The molecule has 0 atom stereocenters. The SMILES string of the molecule is COc1ccc(CCNC(=O)CCC(=O)c2ccc3c(c2)CCCC3)cc1. The summed E-state index contributed by atoms with van der Waals surface area (Å²) in [5.41, 5.74) is 4.55. The molecule has 0 fully saturated rings. The van der Waals surface area contributed by atoms with Crippen molar-refractivity contribution in [1.82, 2.24) is 5.32 Å². The molecule has 0 saturated carbocycles. The van der Waals surface area contributed by atoms with Crippen LogP contribution in [0.15, 0.2) is 42.5 Å². The Kier molecular flexibility index (Phi) is 6.64. The molecule has 1 N–H and O–H groups in total. The Morgan fingerprint density at radius 1 is 0.963 bits per heavy atom. The maximum absolute atomic E-state index is 12.4. The van der Waals surface area contributed by atoms with E-state index in [0.717, 1.165) is 36.1 Å². The smallest absolute Gasteiger partial charge is 0.220 e. The highest BCUT2D eigenvalue weighted by atomic mass is 16.5. The summed E-state index contributed by atoms with van der Waals surface area (Å²) in [5.74, 6) is 0.798. The van der Waals surface area contributed by atoms with Gasteiger partial charge in [-0.3, -0.25) is 9.59 Å². The van der Waals surface area contributed by atoms with Gasteiger partial charge in [0.1, 0.15) is 5.75 Å². The summed E-state index contributed by atoms with van der Waals surface area (Å²) in [6.45, 7) is 0.568. The maximum Gasteiger partial charge on any atom is 0.220 e. The second-order valence-electron chi connectivity index (χ2n) is 7.06. The van der Waals surface area contributed by atoms with Gasteiger partial charge in [-0.1, -0.05) is 24.3 Å². The number of amides is 1. The van der Waals surface area contributed by atoms with Gasteiger partial charge in [-0.25, -0.2) is 0 Å². The maximum atomic E-state index is 12.4. The summed E-state index contributed by atoms with van der Waals surface area (Å²) in [7, 11) is 1.64. The molecule has 0 unspecified atom stereocenters. The van der Waals surface area contributed by atoms with Gasteiger partial charge in [0, 0.05) is 24.9 Å². The van der Waals surface area contributed by atoms with Crippen molar-refractivity contribution in [2.45, 2.75) is 44.9 Å². The van der Waals surface area contributed by atoms with Crippen molar-refractivity contribution in [2.24, 2.45) is 0 Å². The molecule has 0 heterocycles. The largest absolute Gasteiger partial charge is 0.497 e. The van der Waals surface area contributed by atoms with E-state index in [1.807, 2.05) is 36.4 Å². The van der Waals surface area contributed by atoms with Gasteiger partial charge in [0.05, 0.1) is 7.11 Å². The summed E-state index contributed by atoms with van der Waals surface area (Å²) >= 11 is 0. The Morgan fingerprint density at radius 3 is 2.44 bits per heavy atom. The zero-order valence-electron chi connectivity index (χ0n) is 15.9. The van der Waals surface area contributed by atoms with Crippen LogP contribution in [0.4, 0.5) is 0 Å². The Labute approximate surface area is 160 Å². The monoisotopic (exact) mass is 365 g/mol. The number of ketones is 1. The molecule has 0 saturated heterocycles. The van der Waals surface area contributed by atoms with E-state index in [9.17, 15) is 9.59 Å². The number of Topliss-reactive ketones (excluding diaryl/α,β-unsaturated/α-hetero) is 1. The second-order valence-corrected chi connectivity index (χ2v) is 7.06. The lowest BCUT2D eigenvalue weighted by Gasteiger charge is -2.16. The summed E-state index contributed by atoms with van der Waals surface area (Å²) in [4.78, 5) is 24.4. The number of methoxy groups -OCH3 is 1. The van der Waals surface area contributed by atoms with Gasteiger partial charge in [-0.2, -0.15) is 0 Å². The normalized spacial score (nSPS) is 12.9. The minimum atomic E-state index is -0.0742. The Bertz CT molecular complexity index is 796. The number of carbonyl (C=O) groups excluding carboxylic acids is 2. The molecule has 3 rings (SSSR count). The van der Waals surface area contributed by atoms with Gasteiger partial charge < -0.3 is 10.1 Å². The molecule has 0 spiro atoms. The number of nitrogens with one attached hydrogen (secondary N) is 1. The van der Waals surface area contributed by atoms with Gasteiger partial charge in [-0.15, -0.1) is 0 Å². The van der Waals surface area contributed by atoms with Crippen LogP contribution in [0.1, 0.15) is 52.7 Å². The summed E-state index contributed by atoms with van der Waals surface area (Å²) in [5, 5.41) is 2.89. The van der Waals surface area contributed by atoms with Crippen LogP contribution in [-0.4, -0.2) is 25.3 Å². The third kappa shape index (κ3) is 5.43. The van der Waals surface area contributed by atoms with Crippen LogP contribution in [0.25, 0.3) is 0 Å². The van der Waals surface area contributed by atoms with Crippen molar-refractivity contribution in [3.05, 3.63) is 64.7 Å². The molecule has 4 heteroatoms. The first-order valence-corrected chi connectivity index (χ1v) is 9.70. The molecule has 27 heavy (non-hydrogen) atoms. The van der Waals surface area contributed by atoms with Crippen LogP contribution < -0.4 is 10.1 Å². The molecule has 142 valence electrons. The number of ether oxygens (including phenoxy) is 1. The van der Waals surface area contributed by atoms with Crippen LogP contribution in [0, 0.1) is 0 Å². The fourth-order valence-corrected chi connectivity index (χ4v) is 3.51. The summed E-state index contributed by atoms with van der Waals surface area (Å²) in [6.07, 6.45) is 5.85. The molecule has 2 aromatic carbocycles. The van der Waals surface area contributed by atoms with Crippen LogP contribution in [-0.2, 0) is 24.1 Å². The highest BCUT2D eigenvalue weighted by Gasteiger charge is 2.14. The fourth-order valence-electron chi connectivity index (χ4n) is 3.51. The Hall–Kier alpha value is -2.62. The number of hydrogen-bond donors (Lipinski definition) is 1. The molecular weight excluding hydrogens is 338 g/mol. The first-order valence-electron chi connectivity index (χ1n) is 9.70. The highest BCUT2D eigenvalue weighted by molar-refractivity contribution is 5.98. The molecule has 0 aliphatic heterocycles. The van der Waals surface area contributed by atoms with Gasteiger partial charge in [0.15, 0.2) is 5.78 Å². The minimum absolute atomic E-state index is 0.0497. The molecule has 0 radical (unpaired) electrons. The predicted octanol–water partition coefficient (Wildman–Crippen LogP) is 3.90. The highest BCUT2D eigenvalue weighted by Crippen LogP contribution is 2.23. The van der Waals surface area contributed by atoms with E-state index in [4.69, 9.17) is 4.74 Å². The van der Waals surface area contributed by atoms with E-state index in [2.05, 4.69) is 11.4 Å². The first kappa shape index (κ1) is 19.2. The number of benzene rings is 2. The van der Waals surface area contributed by atoms with Crippen molar-refractivity contribution in [3.63, 3.8) is 0 Å². The average Bonchev–Trinajstić information content (AvgIpc) is 2.72. The van der Waals surface area contributed by atoms with Crippen molar-refractivity contribution in [3.8, 4) is 5.75 Å². The quantitative estimate of drug-likeness (QED) is 0.722. The van der Waals surface area contributed by atoms with Gasteiger partial charge in [-0.05, 0) is 67.0 Å². The van der Waals surface area contributed by atoms with E-state index in [1.54, 1.807) is 7.11 Å². The van der Waals surface area contributed by atoms with Gasteiger partial charge in [0.25, 0.3) is 0 Å². The van der Waals surface area contributed by atoms with Crippen molar-refractivity contribution < 1.29 is 14.3 Å². The molecule has 0 bridgehead atoms. The van der Waals surface area contributed by atoms with Crippen LogP contribution in [0.3, 0.4) is 0 Å². The third-order valence-electron chi connectivity index (χ3n) is 5.14. The van der Waals surface area contributed by atoms with Crippen LogP contribution in [0.5, 0.6) is 5.75 Å². The van der Waals surface area contributed by atoms with Crippen molar-refractivity contribution in [1.29, 1.82) is 0 Å². The number of aryl methyl sites for hydroxylation is 2. The van der Waals surface area contributed by atoms with E-state index < -0.39 is 0 Å². The lowest BCUT2D eigenvalue weighted by molar-refractivity contribution is -0.121. The number of hydrogen-bond acceptors (Lipinski definition) is 3. The van der Waals surface area contributed by atoms with E-state index in [0.29, 0.717) is 6.54 Å². The standard InChI is InChI=1S/C23H27NO3/c1-27-21-10-6-17(7-11-21)14-15-24-23(26)13-12-22(25)20-9-8-18-4-2-3-5-19(18)16-20/h6-11,16H,2-5,12-15H2,1H3,(H,24,26). The molecule has 1 amide bonds. The van der Waals surface area contributed by atoms with Crippen LogP contribution in [0.2, 0.25) is 0 Å².